The number of nitrogens with two attached hydrogens (primary N) is 1. The Bertz CT molecular complexity index is 746. The molecule has 154 valence electrons. The number of methoxy groups -OCH3 is 1. The van der Waals surface area contributed by atoms with Crippen molar-refractivity contribution in [2.45, 2.75) is 38.0 Å². The second kappa shape index (κ2) is 9.20. The summed E-state index contributed by atoms with van der Waals surface area (Å²) in [6.07, 6.45) is 10.3. The summed E-state index contributed by atoms with van der Waals surface area (Å²) in [6, 6.07) is 0. The molecule has 0 aromatic carbocycles. The summed E-state index contributed by atoms with van der Waals surface area (Å²) < 4.78 is 5.17. The molecule has 1 aliphatic heterocycles. The average Bonchev–Trinajstić information content (AvgIpc) is 3.13. The Morgan fingerprint density at radius 1 is 1.14 bits per heavy atom. The first kappa shape index (κ1) is 19.6. The van der Waals surface area contributed by atoms with E-state index in [2.05, 4.69) is 30.9 Å². The zero-order chi connectivity index (χ0) is 19.3. The van der Waals surface area contributed by atoms with Gasteiger partial charge in [0, 0.05) is 70.8 Å². The number of hydrogen-bond acceptors (Lipinski definition) is 6. The third-order valence-electron chi connectivity index (χ3n) is 6.57. The smallest absolute Gasteiger partial charge is 0.221 e. The van der Waals surface area contributed by atoms with E-state index in [0.717, 1.165) is 30.0 Å². The van der Waals surface area contributed by atoms with Gasteiger partial charge in [-0.05, 0) is 49.5 Å². The number of nitrogens with one attached hydrogen (secondary N) is 1. The SMILES string of the molecule is COCCCN1CCN(C[C@H]2CC[C@@H](c3c[nH]c4nc(N)ncc43)CC2)CC1. The zero-order valence-corrected chi connectivity index (χ0v) is 17.1. The molecule has 2 aromatic rings. The van der Waals surface area contributed by atoms with Crippen molar-refractivity contribution >= 4 is 17.0 Å². The first-order chi connectivity index (χ1) is 13.7. The quantitative estimate of drug-likeness (QED) is 0.711. The second-order valence-electron chi connectivity index (χ2n) is 8.44. The summed E-state index contributed by atoms with van der Waals surface area (Å²) in [7, 11) is 1.79. The number of nitrogen functional groups attached to an aromatic ring is 1. The van der Waals surface area contributed by atoms with Crippen molar-refractivity contribution in [1.29, 1.82) is 0 Å². The average molecular weight is 387 g/mol. The van der Waals surface area contributed by atoms with Gasteiger partial charge in [-0.25, -0.2) is 4.98 Å². The molecule has 1 aliphatic carbocycles. The number of fused-ring (bicyclic) bond motifs is 1. The Morgan fingerprint density at radius 2 is 1.89 bits per heavy atom. The number of aromatic nitrogens is 3. The third-order valence-corrected chi connectivity index (χ3v) is 6.57. The molecule has 28 heavy (non-hydrogen) atoms. The topological polar surface area (TPSA) is 83.3 Å². The van der Waals surface area contributed by atoms with Crippen LogP contribution in [0.15, 0.2) is 12.4 Å². The van der Waals surface area contributed by atoms with Crippen LogP contribution in [0.4, 0.5) is 5.95 Å². The van der Waals surface area contributed by atoms with Crippen LogP contribution in [-0.4, -0.2) is 77.7 Å². The molecule has 0 bridgehead atoms. The van der Waals surface area contributed by atoms with Crippen molar-refractivity contribution in [2.75, 3.05) is 58.7 Å². The van der Waals surface area contributed by atoms with Gasteiger partial charge in [0.25, 0.3) is 0 Å². The highest BCUT2D eigenvalue weighted by Gasteiger charge is 2.27. The van der Waals surface area contributed by atoms with Gasteiger partial charge in [0.2, 0.25) is 5.95 Å². The fourth-order valence-corrected chi connectivity index (χ4v) is 4.93. The summed E-state index contributed by atoms with van der Waals surface area (Å²) in [5.41, 5.74) is 7.94. The summed E-state index contributed by atoms with van der Waals surface area (Å²) in [6.45, 7) is 8.16. The molecule has 2 fully saturated rings. The Balaban J connectivity index is 1.23. The number of rotatable bonds is 7. The lowest BCUT2D eigenvalue weighted by Gasteiger charge is -2.38. The monoisotopic (exact) mass is 386 g/mol. The van der Waals surface area contributed by atoms with Crippen molar-refractivity contribution < 1.29 is 4.74 Å². The van der Waals surface area contributed by atoms with Gasteiger partial charge < -0.3 is 25.3 Å². The van der Waals surface area contributed by atoms with Crippen LogP contribution >= 0.6 is 0 Å². The Morgan fingerprint density at radius 3 is 2.64 bits per heavy atom. The molecule has 7 nitrogen and oxygen atoms in total. The van der Waals surface area contributed by atoms with Crippen molar-refractivity contribution in [3.8, 4) is 0 Å². The molecular weight excluding hydrogens is 352 g/mol. The molecule has 0 unspecified atom stereocenters. The number of H-pyrrole nitrogens is 1. The minimum atomic E-state index is 0.336. The molecule has 0 spiro atoms. The standard InChI is InChI=1S/C21H34N6O/c1-28-12-2-7-26-8-10-27(11-9-26)15-16-3-5-17(6-4-16)18-13-23-20-19(18)14-24-21(22)25-20/h13-14,16-17H,2-12,15H2,1H3,(H3,22,23,24,25)/t16-,17+. The molecule has 4 rings (SSSR count). The number of anilines is 1. The van der Waals surface area contributed by atoms with Gasteiger partial charge in [-0.3, -0.25) is 0 Å². The zero-order valence-electron chi connectivity index (χ0n) is 17.1. The summed E-state index contributed by atoms with van der Waals surface area (Å²) in [5.74, 6) is 1.80. The maximum Gasteiger partial charge on any atom is 0.221 e. The highest BCUT2D eigenvalue weighted by Crippen LogP contribution is 2.38. The number of hydrogen-bond donors (Lipinski definition) is 2. The molecule has 1 saturated carbocycles. The molecular formula is C21H34N6O. The molecule has 0 atom stereocenters. The van der Waals surface area contributed by atoms with Gasteiger partial charge >= 0.3 is 0 Å². The number of piperazine rings is 1. The van der Waals surface area contributed by atoms with Crippen LogP contribution in [0, 0.1) is 5.92 Å². The lowest BCUT2D eigenvalue weighted by atomic mass is 9.78. The molecule has 1 saturated heterocycles. The summed E-state index contributed by atoms with van der Waals surface area (Å²) in [5, 5.41) is 1.14. The van der Waals surface area contributed by atoms with Crippen molar-refractivity contribution in [3.63, 3.8) is 0 Å². The van der Waals surface area contributed by atoms with Gasteiger partial charge in [-0.15, -0.1) is 0 Å². The predicted octanol–water partition coefficient (Wildman–Crippen LogP) is 2.47. The van der Waals surface area contributed by atoms with Crippen molar-refractivity contribution in [2.24, 2.45) is 5.92 Å². The van der Waals surface area contributed by atoms with Crippen LogP contribution in [0.5, 0.6) is 0 Å². The van der Waals surface area contributed by atoms with E-state index in [0.29, 0.717) is 11.9 Å². The molecule has 2 aromatic heterocycles. The van der Waals surface area contributed by atoms with Crippen LogP contribution < -0.4 is 5.73 Å². The van der Waals surface area contributed by atoms with Gasteiger partial charge in [0.05, 0.1) is 0 Å². The van der Waals surface area contributed by atoms with Crippen LogP contribution in [0.25, 0.3) is 11.0 Å². The molecule has 2 aliphatic rings. The molecule has 0 amide bonds. The minimum Gasteiger partial charge on any atom is -0.385 e. The predicted molar refractivity (Wildman–Crippen MR) is 112 cm³/mol. The minimum absolute atomic E-state index is 0.336. The molecule has 0 radical (unpaired) electrons. The highest BCUT2D eigenvalue weighted by molar-refractivity contribution is 5.80. The Kier molecular flexibility index (Phi) is 6.44. The van der Waals surface area contributed by atoms with E-state index >= 15 is 0 Å². The number of nitrogens with zero attached hydrogens (tertiary/aromatic N) is 4. The lowest BCUT2D eigenvalue weighted by Crippen LogP contribution is -2.48. The Labute approximate surface area is 167 Å². The summed E-state index contributed by atoms with van der Waals surface area (Å²) >= 11 is 0. The van der Waals surface area contributed by atoms with E-state index in [-0.39, 0.29) is 0 Å². The largest absolute Gasteiger partial charge is 0.385 e. The fraction of sp³-hybridized carbons (Fsp3) is 0.714. The van der Waals surface area contributed by atoms with Gasteiger partial charge in [0.15, 0.2) is 0 Å². The van der Waals surface area contributed by atoms with E-state index in [9.17, 15) is 0 Å². The van der Waals surface area contributed by atoms with Crippen LogP contribution in [0.1, 0.15) is 43.6 Å². The number of ether oxygens (including phenoxy) is 1. The van der Waals surface area contributed by atoms with E-state index in [1.165, 1.54) is 70.5 Å². The fourth-order valence-electron chi connectivity index (χ4n) is 4.93. The second-order valence-corrected chi connectivity index (χ2v) is 8.44. The van der Waals surface area contributed by atoms with E-state index < -0.39 is 0 Å². The maximum atomic E-state index is 5.70. The molecule has 3 N–H and O–H groups in total. The van der Waals surface area contributed by atoms with Gasteiger partial charge in [-0.2, -0.15) is 4.98 Å². The van der Waals surface area contributed by atoms with Gasteiger partial charge in [0.1, 0.15) is 5.65 Å². The lowest BCUT2D eigenvalue weighted by molar-refractivity contribution is 0.0987. The summed E-state index contributed by atoms with van der Waals surface area (Å²) in [4.78, 5) is 17.0. The molecule has 3 heterocycles. The Hall–Kier alpha value is -1.70. The first-order valence-corrected chi connectivity index (χ1v) is 10.8. The van der Waals surface area contributed by atoms with Crippen molar-refractivity contribution in [3.05, 3.63) is 18.0 Å². The highest BCUT2D eigenvalue weighted by atomic mass is 16.5. The normalized spacial score (nSPS) is 24.8. The van der Waals surface area contributed by atoms with Crippen LogP contribution in [0.3, 0.4) is 0 Å². The first-order valence-electron chi connectivity index (χ1n) is 10.8. The van der Waals surface area contributed by atoms with Crippen LogP contribution in [0.2, 0.25) is 0 Å². The third kappa shape index (κ3) is 4.64. The number of aromatic amines is 1. The van der Waals surface area contributed by atoms with Crippen LogP contribution in [-0.2, 0) is 4.74 Å². The maximum absolute atomic E-state index is 5.70. The van der Waals surface area contributed by atoms with Crippen molar-refractivity contribution in [1.82, 2.24) is 24.8 Å². The van der Waals surface area contributed by atoms with Gasteiger partial charge in [-0.1, -0.05) is 0 Å². The van der Waals surface area contributed by atoms with E-state index in [4.69, 9.17) is 10.5 Å². The van der Waals surface area contributed by atoms with E-state index in [1.54, 1.807) is 7.11 Å². The van der Waals surface area contributed by atoms with E-state index in [1.807, 2.05) is 6.20 Å². The molecule has 7 heteroatoms.